The van der Waals surface area contributed by atoms with Gasteiger partial charge in [-0.15, -0.1) is 5.10 Å². The number of aromatic nitrogens is 3. The van der Waals surface area contributed by atoms with Gasteiger partial charge in [-0.1, -0.05) is 5.10 Å². The third kappa shape index (κ3) is 2.19. The number of hydrogen-bond donors (Lipinski definition) is 0. The summed E-state index contributed by atoms with van der Waals surface area (Å²) in [6.07, 6.45) is 3.43. The first-order chi connectivity index (χ1) is 8.83. The molecule has 2 aromatic rings. The topological polar surface area (TPSA) is 58.3 Å². The molecule has 1 aliphatic rings. The Hall–Kier alpha value is -1.95. The normalized spacial score (nSPS) is 17.1. The summed E-state index contributed by atoms with van der Waals surface area (Å²) in [4.78, 5) is 8.38. The van der Waals surface area contributed by atoms with E-state index in [2.05, 4.69) is 32.0 Å². The van der Waals surface area contributed by atoms with Crippen molar-refractivity contribution in [1.82, 2.24) is 20.1 Å². The lowest BCUT2D eigenvalue weighted by atomic mass is 10.3. The number of hydrogen-bond acceptors (Lipinski definition) is 6. The maximum Gasteiger partial charge on any atom is 0.318 e. The summed E-state index contributed by atoms with van der Waals surface area (Å²) in [6, 6.07) is 4.33. The van der Waals surface area contributed by atoms with Crippen LogP contribution in [0.3, 0.4) is 0 Å². The van der Waals surface area contributed by atoms with E-state index in [1.165, 1.54) is 0 Å². The van der Waals surface area contributed by atoms with Gasteiger partial charge in [-0.25, -0.2) is 0 Å². The number of likely N-dealkylation sites (N-methyl/N-ethyl adjacent to an activating group) is 1. The van der Waals surface area contributed by atoms with E-state index < -0.39 is 0 Å². The largest absolute Gasteiger partial charge is 0.403 e. The van der Waals surface area contributed by atoms with Gasteiger partial charge >= 0.3 is 6.01 Å². The van der Waals surface area contributed by atoms with E-state index in [4.69, 9.17) is 4.42 Å². The Bertz CT molecular complexity index is 504. The molecule has 1 fully saturated rings. The van der Waals surface area contributed by atoms with Gasteiger partial charge in [0.25, 0.3) is 0 Å². The predicted octanol–water partition coefficient (Wildman–Crippen LogP) is 0.883. The van der Waals surface area contributed by atoms with Crippen LogP contribution in [0.15, 0.2) is 28.9 Å². The van der Waals surface area contributed by atoms with E-state index in [1.54, 1.807) is 12.4 Å². The molecule has 0 aromatic carbocycles. The molecule has 0 bridgehead atoms. The summed E-state index contributed by atoms with van der Waals surface area (Å²) in [6.45, 7) is 3.89. The highest BCUT2D eigenvalue weighted by atomic mass is 16.4. The van der Waals surface area contributed by atoms with Crippen LogP contribution in [-0.2, 0) is 0 Å². The van der Waals surface area contributed by atoms with Crippen molar-refractivity contribution in [3.8, 4) is 11.5 Å². The van der Waals surface area contributed by atoms with Gasteiger partial charge in [-0.05, 0) is 19.2 Å². The van der Waals surface area contributed by atoms with Crippen molar-refractivity contribution < 1.29 is 4.42 Å². The van der Waals surface area contributed by atoms with Crippen LogP contribution >= 0.6 is 0 Å². The van der Waals surface area contributed by atoms with Gasteiger partial charge in [0.15, 0.2) is 0 Å². The van der Waals surface area contributed by atoms with E-state index >= 15 is 0 Å². The number of nitrogens with zero attached hydrogens (tertiary/aromatic N) is 5. The summed E-state index contributed by atoms with van der Waals surface area (Å²) in [5.41, 5.74) is 0.901. The summed E-state index contributed by atoms with van der Waals surface area (Å²) in [5, 5.41) is 8.19. The van der Waals surface area contributed by atoms with Crippen LogP contribution in [-0.4, -0.2) is 53.3 Å². The Labute approximate surface area is 105 Å². The Morgan fingerprint density at radius 2 is 1.78 bits per heavy atom. The van der Waals surface area contributed by atoms with E-state index in [-0.39, 0.29) is 0 Å². The molecule has 2 aromatic heterocycles. The highest BCUT2D eigenvalue weighted by molar-refractivity contribution is 5.52. The first-order valence-corrected chi connectivity index (χ1v) is 6.00. The minimum Gasteiger partial charge on any atom is -0.403 e. The molecular weight excluding hydrogens is 230 g/mol. The molecule has 6 heteroatoms. The maximum absolute atomic E-state index is 5.70. The van der Waals surface area contributed by atoms with Crippen LogP contribution in [0, 0.1) is 0 Å². The summed E-state index contributed by atoms with van der Waals surface area (Å²) in [5.74, 6) is 0.548. The summed E-state index contributed by atoms with van der Waals surface area (Å²) in [7, 11) is 2.12. The molecule has 0 saturated carbocycles. The molecule has 94 valence electrons. The first-order valence-electron chi connectivity index (χ1n) is 6.00. The lowest BCUT2D eigenvalue weighted by Gasteiger charge is -2.30. The van der Waals surface area contributed by atoms with Crippen LogP contribution in [0.2, 0.25) is 0 Å². The fraction of sp³-hybridized carbons (Fsp3) is 0.417. The third-order valence-corrected chi connectivity index (χ3v) is 3.12. The molecule has 0 unspecified atom stereocenters. The van der Waals surface area contributed by atoms with Gasteiger partial charge in [0, 0.05) is 44.1 Å². The van der Waals surface area contributed by atoms with Crippen molar-refractivity contribution in [2.45, 2.75) is 0 Å². The Kier molecular flexibility index (Phi) is 2.93. The molecule has 3 rings (SSSR count). The zero-order valence-electron chi connectivity index (χ0n) is 10.3. The van der Waals surface area contributed by atoms with E-state index in [9.17, 15) is 0 Å². The first kappa shape index (κ1) is 11.2. The zero-order valence-corrected chi connectivity index (χ0v) is 10.3. The van der Waals surface area contributed by atoms with Crippen LogP contribution in [0.1, 0.15) is 0 Å². The van der Waals surface area contributed by atoms with Gasteiger partial charge < -0.3 is 14.2 Å². The minimum atomic E-state index is 0.548. The number of rotatable bonds is 2. The maximum atomic E-state index is 5.70. The van der Waals surface area contributed by atoms with E-state index in [1.807, 2.05) is 12.1 Å². The molecule has 6 nitrogen and oxygen atoms in total. The average molecular weight is 245 g/mol. The van der Waals surface area contributed by atoms with E-state index in [0.29, 0.717) is 11.9 Å². The van der Waals surface area contributed by atoms with Gasteiger partial charge in [0.2, 0.25) is 5.89 Å². The van der Waals surface area contributed by atoms with E-state index in [0.717, 1.165) is 31.7 Å². The molecule has 0 spiro atoms. The minimum absolute atomic E-state index is 0.548. The second kappa shape index (κ2) is 4.73. The summed E-state index contributed by atoms with van der Waals surface area (Å²) < 4.78 is 5.70. The van der Waals surface area contributed by atoms with Crippen LogP contribution in [0.4, 0.5) is 6.01 Å². The van der Waals surface area contributed by atoms with Gasteiger partial charge in [-0.3, -0.25) is 4.98 Å². The number of anilines is 1. The van der Waals surface area contributed by atoms with Crippen LogP contribution in [0.5, 0.6) is 0 Å². The lowest BCUT2D eigenvalue weighted by Crippen LogP contribution is -2.44. The summed E-state index contributed by atoms with van der Waals surface area (Å²) >= 11 is 0. The smallest absolute Gasteiger partial charge is 0.318 e. The quantitative estimate of drug-likeness (QED) is 0.783. The van der Waals surface area contributed by atoms with Gasteiger partial charge in [0.05, 0.1) is 0 Å². The second-order valence-electron chi connectivity index (χ2n) is 4.42. The highest BCUT2D eigenvalue weighted by Gasteiger charge is 2.19. The molecule has 18 heavy (non-hydrogen) atoms. The lowest BCUT2D eigenvalue weighted by molar-refractivity contribution is 0.305. The van der Waals surface area contributed by atoms with Crippen LogP contribution < -0.4 is 4.90 Å². The zero-order chi connectivity index (χ0) is 12.4. The van der Waals surface area contributed by atoms with Gasteiger partial charge in [0.1, 0.15) is 0 Å². The Morgan fingerprint density at radius 3 is 2.50 bits per heavy atom. The Balaban J connectivity index is 1.78. The van der Waals surface area contributed by atoms with Crippen molar-refractivity contribution >= 4 is 6.01 Å². The molecule has 0 N–H and O–H groups in total. The number of pyridine rings is 1. The molecule has 1 saturated heterocycles. The number of piperazine rings is 1. The van der Waals surface area contributed by atoms with Crippen LogP contribution in [0.25, 0.3) is 11.5 Å². The van der Waals surface area contributed by atoms with Crippen molar-refractivity contribution in [1.29, 1.82) is 0 Å². The average Bonchev–Trinajstić information content (AvgIpc) is 2.90. The molecular formula is C12H15N5O. The Morgan fingerprint density at radius 1 is 1.06 bits per heavy atom. The fourth-order valence-electron chi connectivity index (χ4n) is 1.95. The van der Waals surface area contributed by atoms with Gasteiger partial charge in [-0.2, -0.15) is 0 Å². The van der Waals surface area contributed by atoms with Crippen molar-refractivity contribution in [2.75, 3.05) is 38.1 Å². The molecule has 3 heterocycles. The SMILES string of the molecule is CN1CCN(c2nnc(-c3ccncc3)o2)CC1. The third-order valence-electron chi connectivity index (χ3n) is 3.12. The highest BCUT2D eigenvalue weighted by Crippen LogP contribution is 2.21. The fourth-order valence-corrected chi connectivity index (χ4v) is 1.95. The standard InChI is InChI=1S/C12H15N5O/c1-16-6-8-17(9-7-16)12-15-14-11(18-12)10-2-4-13-5-3-10/h2-5H,6-9H2,1H3. The second-order valence-corrected chi connectivity index (χ2v) is 4.42. The monoisotopic (exact) mass is 245 g/mol. The molecule has 1 aliphatic heterocycles. The molecule has 0 atom stereocenters. The van der Waals surface area contributed by atoms with Crippen molar-refractivity contribution in [3.05, 3.63) is 24.5 Å². The molecule has 0 radical (unpaired) electrons. The van der Waals surface area contributed by atoms with Crippen molar-refractivity contribution in [2.24, 2.45) is 0 Å². The predicted molar refractivity (Wildman–Crippen MR) is 67.2 cm³/mol. The molecule has 0 amide bonds. The van der Waals surface area contributed by atoms with Crippen molar-refractivity contribution in [3.63, 3.8) is 0 Å². The molecule has 0 aliphatic carbocycles.